The first kappa shape index (κ1) is 38.0. The molecule has 284 valence electrons. The zero-order valence-corrected chi connectivity index (χ0v) is 31.6. The summed E-state index contributed by atoms with van der Waals surface area (Å²) in [6, 6.07) is 9.85. The molecule has 12 nitrogen and oxygen atoms in total. The van der Waals surface area contributed by atoms with Gasteiger partial charge in [-0.15, -0.1) is 0 Å². The smallest absolute Gasteiger partial charge is 0.252 e. The van der Waals surface area contributed by atoms with Gasteiger partial charge in [-0.25, -0.2) is 0 Å². The first-order chi connectivity index (χ1) is 24.7. The number of carbonyl (C=O) groups excluding carboxylic acids is 3. The Bertz CT molecular complexity index is 1650. The third-order valence-electron chi connectivity index (χ3n) is 12.5. The van der Waals surface area contributed by atoms with E-state index in [1.54, 1.807) is 31.2 Å². The number of aliphatic hydroxyl groups is 2. The Morgan fingerprint density at radius 3 is 2.58 bits per heavy atom. The third kappa shape index (κ3) is 7.27. The van der Waals surface area contributed by atoms with Gasteiger partial charge in [-0.3, -0.25) is 19.2 Å². The Balaban J connectivity index is 1.29. The number of anilines is 1. The first-order valence-electron chi connectivity index (χ1n) is 18.8. The highest BCUT2D eigenvalue weighted by Crippen LogP contribution is 2.61. The van der Waals surface area contributed by atoms with Crippen molar-refractivity contribution in [3.8, 4) is 16.9 Å². The normalized spacial score (nSPS) is 30.4. The largest absolute Gasteiger partial charge is 0.496 e. The second-order valence-corrected chi connectivity index (χ2v) is 16.2. The van der Waals surface area contributed by atoms with Gasteiger partial charge in [0.2, 0.25) is 11.8 Å². The number of ether oxygens (including phenoxy) is 1. The van der Waals surface area contributed by atoms with Gasteiger partial charge in [-0.05, 0) is 86.0 Å². The number of methoxy groups -OCH3 is 1. The van der Waals surface area contributed by atoms with Gasteiger partial charge >= 0.3 is 0 Å². The van der Waals surface area contributed by atoms with E-state index in [0.29, 0.717) is 42.0 Å². The number of hydrogen-bond donors (Lipinski definition) is 5. The van der Waals surface area contributed by atoms with E-state index in [1.165, 1.54) is 6.42 Å². The number of para-hydroxylation sites is 1. The fraction of sp³-hybridized carbons (Fsp3) is 0.625. The number of nitrogens with zero attached hydrogens (tertiary/aromatic N) is 2. The van der Waals surface area contributed by atoms with Gasteiger partial charge in [0.05, 0.1) is 26.4 Å². The molecule has 0 radical (unpaired) electrons. The highest BCUT2D eigenvalue weighted by molar-refractivity contribution is 5.99. The zero-order chi connectivity index (χ0) is 37.5. The molecule has 3 aliphatic carbocycles. The van der Waals surface area contributed by atoms with Crippen molar-refractivity contribution in [1.82, 2.24) is 21.0 Å². The summed E-state index contributed by atoms with van der Waals surface area (Å²) in [5.74, 6) is 0.593. The van der Waals surface area contributed by atoms with Crippen molar-refractivity contribution in [2.24, 2.45) is 29.1 Å². The van der Waals surface area contributed by atoms with Crippen molar-refractivity contribution in [3.05, 3.63) is 47.5 Å². The third-order valence-corrected chi connectivity index (χ3v) is 12.5. The summed E-state index contributed by atoms with van der Waals surface area (Å²) in [7, 11) is 5.38. The summed E-state index contributed by atoms with van der Waals surface area (Å²) in [5, 5.41) is 32.0. The van der Waals surface area contributed by atoms with E-state index >= 15 is 0 Å². The monoisotopic (exact) mass is 719 g/mol. The Hall–Kier alpha value is -3.71. The predicted molar refractivity (Wildman–Crippen MR) is 198 cm³/mol. The zero-order valence-electron chi connectivity index (χ0n) is 31.6. The molecule has 52 heavy (non-hydrogen) atoms. The number of benzene rings is 2. The van der Waals surface area contributed by atoms with E-state index in [2.05, 4.69) is 36.7 Å². The van der Waals surface area contributed by atoms with Crippen LogP contribution in [0.2, 0.25) is 0 Å². The molecule has 1 unspecified atom stereocenters. The van der Waals surface area contributed by atoms with Crippen LogP contribution in [-0.4, -0.2) is 97.7 Å². The van der Waals surface area contributed by atoms with Gasteiger partial charge in [0.1, 0.15) is 23.9 Å². The summed E-state index contributed by atoms with van der Waals surface area (Å²) >= 11 is 0. The molecular formula is C40H57N5O7. The number of hydrogen-bond acceptors (Lipinski definition) is 9. The second kappa shape index (κ2) is 15.3. The molecule has 0 spiro atoms. The lowest BCUT2D eigenvalue weighted by Crippen LogP contribution is -2.62. The van der Waals surface area contributed by atoms with Crippen LogP contribution in [-0.2, 0) is 21.0 Å². The fourth-order valence-corrected chi connectivity index (χ4v) is 9.30. The highest BCUT2D eigenvalue weighted by atomic mass is 16.7. The minimum atomic E-state index is -0.912. The maximum atomic E-state index is 14.2. The average molecular weight is 720 g/mol. The van der Waals surface area contributed by atoms with E-state index < -0.39 is 30.2 Å². The van der Waals surface area contributed by atoms with Crippen LogP contribution >= 0.6 is 0 Å². The summed E-state index contributed by atoms with van der Waals surface area (Å²) in [6.45, 7) is 8.91. The summed E-state index contributed by atoms with van der Waals surface area (Å²) < 4.78 is 6.04. The van der Waals surface area contributed by atoms with Gasteiger partial charge in [0.15, 0.2) is 0 Å². The number of carbonyl (C=O) groups is 3. The Morgan fingerprint density at radius 2 is 1.92 bits per heavy atom. The molecule has 3 saturated carbocycles. The molecule has 5 fully saturated rings. The first-order valence-corrected chi connectivity index (χ1v) is 18.8. The van der Waals surface area contributed by atoms with Gasteiger partial charge in [-0.1, -0.05) is 39.0 Å². The molecule has 3 amide bonds. The second-order valence-electron chi connectivity index (χ2n) is 16.2. The number of nitrogens with one attached hydrogen (secondary N) is 3. The van der Waals surface area contributed by atoms with Crippen LogP contribution < -0.4 is 25.6 Å². The number of rotatable bonds is 11. The van der Waals surface area contributed by atoms with E-state index in [0.717, 1.165) is 41.6 Å². The molecule has 9 atom stereocenters. The molecule has 5 aliphatic rings. The van der Waals surface area contributed by atoms with E-state index in [-0.39, 0.29) is 42.3 Å². The summed E-state index contributed by atoms with van der Waals surface area (Å²) in [5.41, 5.74) is 3.67. The molecule has 2 aromatic rings. The van der Waals surface area contributed by atoms with E-state index in [9.17, 15) is 24.6 Å². The molecule has 2 heterocycles. The number of aliphatic hydroxyl groups excluding tert-OH is 2. The van der Waals surface area contributed by atoms with Crippen molar-refractivity contribution in [2.45, 2.75) is 96.7 Å². The molecule has 2 saturated heterocycles. The number of hydroxylamine groups is 2. The Morgan fingerprint density at radius 1 is 1.15 bits per heavy atom. The highest BCUT2D eigenvalue weighted by Gasteiger charge is 2.57. The molecule has 2 aliphatic heterocycles. The molecule has 2 bridgehead atoms. The van der Waals surface area contributed by atoms with Crippen LogP contribution in [0, 0.1) is 29.1 Å². The SMILES string of the molecule is COc1c(CN2O[C@@H](CO)[C@H]([C@H](C)O)[C@H]2C(=O)N[C@H]2C[C@H]3C[C@@H]([C@@H]2C)C3(C)C)cccc1-c1cc(C(=O)NC2CCCCNC2=O)cc(N(C)C)c1. The lowest BCUT2D eigenvalue weighted by Gasteiger charge is -2.62. The lowest BCUT2D eigenvalue weighted by molar-refractivity contribution is -0.183. The summed E-state index contributed by atoms with van der Waals surface area (Å²) in [6.07, 6.45) is 2.73. The van der Waals surface area contributed by atoms with Gasteiger partial charge in [0.25, 0.3) is 5.91 Å². The topological polar surface area (TPSA) is 153 Å². The summed E-state index contributed by atoms with van der Waals surface area (Å²) in [4.78, 5) is 48.6. The van der Waals surface area contributed by atoms with Gasteiger partial charge in [0, 0.05) is 55.0 Å². The molecule has 12 heteroatoms. The average Bonchev–Trinajstić information content (AvgIpc) is 3.37. The van der Waals surface area contributed by atoms with Crippen LogP contribution in [0.1, 0.15) is 75.7 Å². The molecular weight excluding hydrogens is 662 g/mol. The minimum Gasteiger partial charge on any atom is -0.496 e. The van der Waals surface area contributed by atoms with Gasteiger partial charge in [-0.2, -0.15) is 5.06 Å². The predicted octanol–water partition coefficient (Wildman–Crippen LogP) is 3.49. The number of amides is 3. The van der Waals surface area contributed by atoms with Crippen LogP contribution in [0.15, 0.2) is 36.4 Å². The maximum Gasteiger partial charge on any atom is 0.252 e. The molecule has 5 N–H and O–H groups in total. The van der Waals surface area contributed by atoms with Crippen molar-refractivity contribution < 1.29 is 34.2 Å². The van der Waals surface area contributed by atoms with E-state index in [1.807, 2.05) is 43.3 Å². The van der Waals surface area contributed by atoms with Crippen molar-refractivity contribution in [3.63, 3.8) is 0 Å². The standard InChI is InChI=1S/C40H57N5O7/c1-22-30-18-27(40(30,3)4)19-32(22)43-39(50)35-34(23(2)47)33(21-46)52-45(35)20-24-11-10-12-29(36(24)51-7)25-15-26(17-28(16-25)44(5)6)37(48)42-31-13-8-9-14-41-38(31)49/h10-12,15-17,22-23,27,30-35,46-47H,8-9,13-14,18-21H2,1-7H3,(H,41,49)(H,42,48)(H,43,50)/t22-,23-,27+,30-,31?,32-,33-,34-,35-/m0/s1. The van der Waals surface area contributed by atoms with Crippen molar-refractivity contribution >= 4 is 23.4 Å². The molecule has 7 rings (SSSR count). The fourth-order valence-electron chi connectivity index (χ4n) is 9.30. The Labute approximate surface area is 307 Å². The van der Waals surface area contributed by atoms with Crippen molar-refractivity contribution in [1.29, 1.82) is 0 Å². The van der Waals surface area contributed by atoms with E-state index in [4.69, 9.17) is 9.57 Å². The van der Waals surface area contributed by atoms with Crippen LogP contribution in [0.5, 0.6) is 5.75 Å². The van der Waals surface area contributed by atoms with Crippen LogP contribution in [0.3, 0.4) is 0 Å². The molecule has 0 aromatic heterocycles. The minimum absolute atomic E-state index is 0.0270. The number of fused-ring (bicyclic) bond motifs is 2. The molecule has 2 aromatic carbocycles. The van der Waals surface area contributed by atoms with Crippen LogP contribution in [0.4, 0.5) is 5.69 Å². The Kier molecular flexibility index (Phi) is 11.2. The van der Waals surface area contributed by atoms with Crippen molar-refractivity contribution in [2.75, 3.05) is 39.3 Å². The van der Waals surface area contributed by atoms with Crippen LogP contribution in [0.25, 0.3) is 11.1 Å². The quantitative estimate of drug-likeness (QED) is 0.235. The maximum absolute atomic E-state index is 14.2. The lowest BCUT2D eigenvalue weighted by atomic mass is 9.45. The van der Waals surface area contributed by atoms with Gasteiger partial charge < -0.3 is 35.8 Å².